The van der Waals surface area contributed by atoms with Crippen molar-refractivity contribution >= 4 is 22.7 Å². The summed E-state index contributed by atoms with van der Waals surface area (Å²) in [6, 6.07) is 8.59. The highest BCUT2D eigenvalue weighted by Crippen LogP contribution is 2.27. The van der Waals surface area contributed by atoms with E-state index in [1.807, 2.05) is 0 Å². The molecule has 1 amide bonds. The molecule has 1 N–H and O–H groups in total. The summed E-state index contributed by atoms with van der Waals surface area (Å²) in [4.78, 5) is 24.5. The minimum absolute atomic E-state index is 0.179. The monoisotopic (exact) mass is 348 g/mol. The molecule has 0 aromatic heterocycles. The van der Waals surface area contributed by atoms with Gasteiger partial charge in [0.25, 0.3) is 5.91 Å². The van der Waals surface area contributed by atoms with Crippen LogP contribution in [0.15, 0.2) is 29.2 Å². The van der Waals surface area contributed by atoms with Crippen LogP contribution in [-0.4, -0.2) is 34.5 Å². The minimum Gasteiger partial charge on any atom is -0.452 e. The number of nitriles is 1. The summed E-state index contributed by atoms with van der Waals surface area (Å²) in [5.41, 5.74) is -0.677. The van der Waals surface area contributed by atoms with Gasteiger partial charge in [-0.3, -0.25) is 9.00 Å². The third kappa shape index (κ3) is 4.42. The summed E-state index contributed by atoms with van der Waals surface area (Å²) in [6.07, 6.45) is 5.53. The molecule has 1 atom stereocenters. The average Bonchev–Trinajstić information content (AvgIpc) is 2.60. The number of esters is 1. The highest BCUT2D eigenvalue weighted by Gasteiger charge is 2.33. The third-order valence-electron chi connectivity index (χ3n) is 4.05. The van der Waals surface area contributed by atoms with Crippen LogP contribution in [-0.2, 0) is 20.3 Å². The number of carbonyl (C=O) groups excluding carboxylic acids is 2. The van der Waals surface area contributed by atoms with Crippen molar-refractivity contribution in [3.05, 3.63) is 29.8 Å². The Hall–Kier alpha value is -2.20. The second-order valence-electron chi connectivity index (χ2n) is 5.83. The maximum absolute atomic E-state index is 12.1. The van der Waals surface area contributed by atoms with E-state index in [-0.39, 0.29) is 5.56 Å². The Morgan fingerprint density at radius 1 is 1.29 bits per heavy atom. The molecule has 0 unspecified atom stereocenters. The van der Waals surface area contributed by atoms with Crippen molar-refractivity contribution in [1.82, 2.24) is 5.32 Å². The summed E-state index contributed by atoms with van der Waals surface area (Å²) in [5.74, 6) is -1.20. The van der Waals surface area contributed by atoms with E-state index in [2.05, 4.69) is 11.4 Å². The Morgan fingerprint density at radius 2 is 1.96 bits per heavy atom. The standard InChI is InChI=1S/C17H20N2O4S/c1-24(22)14-8-4-3-7-13(14)16(21)23-11-15(20)19-17(12-18)9-5-2-6-10-17/h3-4,7-8H,2,5-6,9-11H2,1H3,(H,19,20)/t24-/m1/s1. The first-order chi connectivity index (χ1) is 11.5. The lowest BCUT2D eigenvalue weighted by Gasteiger charge is -2.31. The van der Waals surface area contributed by atoms with Crippen molar-refractivity contribution in [2.75, 3.05) is 12.9 Å². The van der Waals surface area contributed by atoms with Crippen molar-refractivity contribution in [2.45, 2.75) is 42.5 Å². The molecule has 1 aromatic carbocycles. The number of nitrogens with one attached hydrogen (secondary N) is 1. The van der Waals surface area contributed by atoms with Crippen molar-refractivity contribution in [3.63, 3.8) is 0 Å². The number of ether oxygens (including phenoxy) is 1. The lowest BCUT2D eigenvalue weighted by atomic mass is 9.83. The number of nitrogens with zero attached hydrogens (tertiary/aromatic N) is 1. The highest BCUT2D eigenvalue weighted by atomic mass is 32.2. The Balaban J connectivity index is 1.96. The Kier molecular flexibility index (Phi) is 6.10. The van der Waals surface area contributed by atoms with Gasteiger partial charge in [0.2, 0.25) is 0 Å². The number of benzene rings is 1. The van der Waals surface area contributed by atoms with Crippen LogP contribution in [0.25, 0.3) is 0 Å². The van der Waals surface area contributed by atoms with E-state index >= 15 is 0 Å². The second-order valence-corrected chi connectivity index (χ2v) is 7.18. The number of rotatable bonds is 5. The lowest BCUT2D eigenvalue weighted by Crippen LogP contribution is -2.50. The summed E-state index contributed by atoms with van der Waals surface area (Å²) >= 11 is 0. The fourth-order valence-corrected chi connectivity index (χ4v) is 3.55. The normalized spacial score (nSPS) is 17.3. The van der Waals surface area contributed by atoms with Crippen LogP contribution >= 0.6 is 0 Å². The molecular weight excluding hydrogens is 328 g/mol. The van der Waals surface area contributed by atoms with Crippen LogP contribution in [0, 0.1) is 11.3 Å². The SMILES string of the molecule is C[S@@](=O)c1ccccc1C(=O)OCC(=O)NC1(C#N)CCCCC1. The summed E-state index contributed by atoms with van der Waals surface area (Å²) < 4.78 is 16.7. The molecule has 1 fully saturated rings. The molecule has 1 aromatic rings. The zero-order valence-electron chi connectivity index (χ0n) is 13.5. The summed E-state index contributed by atoms with van der Waals surface area (Å²) in [7, 11) is -1.33. The largest absolute Gasteiger partial charge is 0.452 e. The van der Waals surface area contributed by atoms with Gasteiger partial charge in [-0.2, -0.15) is 5.26 Å². The van der Waals surface area contributed by atoms with Gasteiger partial charge >= 0.3 is 5.97 Å². The molecule has 0 saturated heterocycles. The van der Waals surface area contributed by atoms with E-state index in [0.717, 1.165) is 19.3 Å². The van der Waals surface area contributed by atoms with Crippen LogP contribution in [0.5, 0.6) is 0 Å². The van der Waals surface area contributed by atoms with Gasteiger partial charge in [-0.1, -0.05) is 31.4 Å². The highest BCUT2D eigenvalue weighted by molar-refractivity contribution is 7.84. The van der Waals surface area contributed by atoms with Crippen molar-refractivity contribution < 1.29 is 18.5 Å². The first kappa shape index (κ1) is 18.1. The molecule has 0 radical (unpaired) electrons. The van der Waals surface area contributed by atoms with E-state index in [1.54, 1.807) is 18.2 Å². The number of amides is 1. The van der Waals surface area contributed by atoms with E-state index in [1.165, 1.54) is 12.3 Å². The zero-order valence-corrected chi connectivity index (χ0v) is 14.4. The van der Waals surface area contributed by atoms with Gasteiger partial charge in [0.15, 0.2) is 6.61 Å². The topological polar surface area (TPSA) is 96.3 Å². The molecule has 1 aliphatic rings. The summed E-state index contributed by atoms with van der Waals surface area (Å²) in [6.45, 7) is -0.465. The van der Waals surface area contributed by atoms with Gasteiger partial charge < -0.3 is 10.1 Å². The predicted molar refractivity (Wildman–Crippen MR) is 88.6 cm³/mol. The molecule has 0 aliphatic heterocycles. The van der Waals surface area contributed by atoms with Crippen LogP contribution in [0.1, 0.15) is 42.5 Å². The van der Waals surface area contributed by atoms with Gasteiger partial charge in [-0.25, -0.2) is 4.79 Å². The second kappa shape index (κ2) is 8.06. The Labute approximate surface area is 143 Å². The molecule has 6 nitrogen and oxygen atoms in total. The fraction of sp³-hybridized carbons (Fsp3) is 0.471. The smallest absolute Gasteiger partial charge is 0.339 e. The van der Waals surface area contributed by atoms with Crippen molar-refractivity contribution in [3.8, 4) is 6.07 Å². The molecule has 0 spiro atoms. The number of hydrogen-bond acceptors (Lipinski definition) is 5. The Morgan fingerprint density at radius 3 is 2.58 bits per heavy atom. The molecule has 24 heavy (non-hydrogen) atoms. The van der Waals surface area contributed by atoms with Crippen molar-refractivity contribution in [1.29, 1.82) is 5.26 Å². The molecule has 7 heteroatoms. The van der Waals surface area contributed by atoms with Crippen LogP contribution < -0.4 is 5.32 Å². The molecule has 1 saturated carbocycles. The lowest BCUT2D eigenvalue weighted by molar-refractivity contribution is -0.125. The first-order valence-corrected chi connectivity index (χ1v) is 9.35. The van der Waals surface area contributed by atoms with E-state index in [0.29, 0.717) is 17.7 Å². The molecular formula is C17H20N2O4S. The number of hydrogen-bond donors (Lipinski definition) is 1. The van der Waals surface area contributed by atoms with E-state index in [9.17, 15) is 19.1 Å². The molecule has 0 bridgehead atoms. The van der Waals surface area contributed by atoms with Gasteiger partial charge in [0, 0.05) is 6.26 Å². The molecule has 128 valence electrons. The van der Waals surface area contributed by atoms with Crippen molar-refractivity contribution in [2.24, 2.45) is 0 Å². The quantitative estimate of drug-likeness (QED) is 0.820. The fourth-order valence-electron chi connectivity index (χ4n) is 2.82. The molecule has 1 aliphatic carbocycles. The van der Waals surface area contributed by atoms with Gasteiger partial charge in [-0.05, 0) is 25.0 Å². The maximum Gasteiger partial charge on any atom is 0.339 e. The maximum atomic E-state index is 12.1. The summed E-state index contributed by atoms with van der Waals surface area (Å²) in [5, 5.41) is 12.0. The minimum atomic E-state index is -1.33. The zero-order chi connectivity index (χ0) is 17.6. The van der Waals surface area contributed by atoms with E-state index in [4.69, 9.17) is 4.74 Å². The molecule has 0 heterocycles. The molecule has 2 rings (SSSR count). The first-order valence-electron chi connectivity index (χ1n) is 7.79. The van der Waals surface area contributed by atoms with Crippen LogP contribution in [0.3, 0.4) is 0 Å². The predicted octanol–water partition coefficient (Wildman–Crippen LogP) is 1.92. The van der Waals surface area contributed by atoms with E-state index < -0.39 is 34.8 Å². The average molecular weight is 348 g/mol. The van der Waals surface area contributed by atoms with Crippen LogP contribution in [0.4, 0.5) is 0 Å². The third-order valence-corrected chi connectivity index (χ3v) is 5.03. The Bertz CT molecular complexity index is 690. The number of carbonyl (C=O) groups is 2. The van der Waals surface area contributed by atoms with Gasteiger partial charge in [-0.15, -0.1) is 0 Å². The van der Waals surface area contributed by atoms with Gasteiger partial charge in [0.05, 0.1) is 27.3 Å². The van der Waals surface area contributed by atoms with Crippen LogP contribution in [0.2, 0.25) is 0 Å². The van der Waals surface area contributed by atoms with Gasteiger partial charge in [0.1, 0.15) is 5.54 Å².